The zero-order valence-electron chi connectivity index (χ0n) is 17.6. The quantitative estimate of drug-likeness (QED) is 0.727. The molecular weight excluding hydrogens is 404 g/mol. The molecule has 30 heavy (non-hydrogen) atoms. The van der Waals surface area contributed by atoms with E-state index >= 15 is 0 Å². The van der Waals surface area contributed by atoms with Gasteiger partial charge in [0, 0.05) is 18.7 Å². The van der Waals surface area contributed by atoms with E-state index in [1.54, 1.807) is 19.1 Å². The second-order valence-electron chi connectivity index (χ2n) is 7.19. The van der Waals surface area contributed by atoms with Gasteiger partial charge < -0.3 is 14.8 Å². The second kappa shape index (κ2) is 9.59. The summed E-state index contributed by atoms with van der Waals surface area (Å²) in [4.78, 5) is 13.0. The fourth-order valence-corrected chi connectivity index (χ4v) is 4.75. The molecule has 2 aromatic rings. The minimum absolute atomic E-state index is 0.119. The first kappa shape index (κ1) is 22.3. The van der Waals surface area contributed by atoms with Gasteiger partial charge in [-0.2, -0.15) is 4.31 Å². The molecule has 1 unspecified atom stereocenters. The highest BCUT2D eigenvalue weighted by molar-refractivity contribution is 7.89. The summed E-state index contributed by atoms with van der Waals surface area (Å²) in [7, 11) is -3.67. The van der Waals surface area contributed by atoms with Gasteiger partial charge in [-0.15, -0.1) is 0 Å². The summed E-state index contributed by atoms with van der Waals surface area (Å²) in [6.07, 6.45) is 0. The Morgan fingerprint density at radius 1 is 1.17 bits per heavy atom. The van der Waals surface area contributed by atoms with Crippen molar-refractivity contribution in [3.05, 3.63) is 59.2 Å². The zero-order valence-corrected chi connectivity index (χ0v) is 18.4. The second-order valence-corrected chi connectivity index (χ2v) is 9.13. The van der Waals surface area contributed by atoms with Crippen LogP contribution in [0.15, 0.2) is 47.4 Å². The van der Waals surface area contributed by atoms with Gasteiger partial charge in [-0.25, -0.2) is 8.42 Å². The van der Waals surface area contributed by atoms with E-state index in [2.05, 4.69) is 5.32 Å². The van der Waals surface area contributed by atoms with Crippen molar-refractivity contribution in [1.82, 2.24) is 9.62 Å². The third-order valence-electron chi connectivity index (χ3n) is 5.10. The smallest absolute Gasteiger partial charge is 0.252 e. The Labute approximate surface area is 178 Å². The van der Waals surface area contributed by atoms with E-state index in [0.717, 1.165) is 11.3 Å². The van der Waals surface area contributed by atoms with E-state index in [9.17, 15) is 13.2 Å². The molecule has 0 saturated carbocycles. The maximum Gasteiger partial charge on any atom is 0.252 e. The van der Waals surface area contributed by atoms with Crippen molar-refractivity contribution < 1.29 is 22.7 Å². The van der Waals surface area contributed by atoms with Crippen molar-refractivity contribution in [2.24, 2.45) is 0 Å². The molecule has 0 bridgehead atoms. The number of benzene rings is 2. The van der Waals surface area contributed by atoms with Crippen molar-refractivity contribution in [1.29, 1.82) is 0 Å². The maximum atomic E-state index is 12.9. The Balaban J connectivity index is 1.77. The number of sulfonamides is 1. The number of carbonyl (C=O) groups is 1. The van der Waals surface area contributed by atoms with Gasteiger partial charge in [0.15, 0.2) is 0 Å². The van der Waals surface area contributed by atoms with E-state index in [0.29, 0.717) is 44.0 Å². The number of hydrogen-bond acceptors (Lipinski definition) is 5. The molecule has 8 heteroatoms. The summed E-state index contributed by atoms with van der Waals surface area (Å²) in [6.45, 7) is 7.56. The molecule has 1 N–H and O–H groups in total. The van der Waals surface area contributed by atoms with Crippen molar-refractivity contribution in [3.8, 4) is 5.75 Å². The molecule has 1 aliphatic heterocycles. The van der Waals surface area contributed by atoms with Gasteiger partial charge >= 0.3 is 0 Å². The fraction of sp³-hybridized carbons (Fsp3) is 0.409. The van der Waals surface area contributed by atoms with Crippen LogP contribution in [0.1, 0.15) is 41.4 Å². The van der Waals surface area contributed by atoms with Crippen LogP contribution >= 0.6 is 0 Å². The van der Waals surface area contributed by atoms with Gasteiger partial charge in [-0.3, -0.25) is 4.79 Å². The fourth-order valence-electron chi connectivity index (χ4n) is 3.32. The van der Waals surface area contributed by atoms with Gasteiger partial charge in [0.2, 0.25) is 10.0 Å². The zero-order chi connectivity index (χ0) is 21.7. The standard InChI is InChI=1S/C22H28N2O5S/c1-4-29-19-8-6-18(7-9-19)17(3)23-22(25)21-15-20(10-5-16(21)2)30(26,27)24-11-13-28-14-12-24/h5-10,15,17H,4,11-14H2,1-3H3,(H,23,25). The monoisotopic (exact) mass is 432 g/mol. The van der Waals surface area contributed by atoms with Crippen molar-refractivity contribution in [2.45, 2.75) is 31.7 Å². The lowest BCUT2D eigenvalue weighted by molar-refractivity contribution is 0.0730. The molecule has 1 saturated heterocycles. The number of morpholine rings is 1. The van der Waals surface area contributed by atoms with Crippen LogP contribution in [0.3, 0.4) is 0 Å². The SMILES string of the molecule is CCOc1ccc(C(C)NC(=O)c2cc(S(=O)(=O)N3CCOCC3)ccc2C)cc1. The first-order valence-electron chi connectivity index (χ1n) is 10.0. The Morgan fingerprint density at radius 3 is 2.47 bits per heavy atom. The summed E-state index contributed by atoms with van der Waals surface area (Å²) in [5.74, 6) is 0.463. The van der Waals surface area contributed by atoms with Gasteiger partial charge in [0.05, 0.1) is 30.8 Å². The number of aryl methyl sites for hydroxylation is 1. The van der Waals surface area contributed by atoms with Gasteiger partial charge in [-0.05, 0) is 56.2 Å². The lowest BCUT2D eigenvalue weighted by Gasteiger charge is -2.26. The number of carbonyl (C=O) groups excluding carboxylic acids is 1. The van der Waals surface area contributed by atoms with Crippen LogP contribution in [0.4, 0.5) is 0 Å². The molecule has 0 spiro atoms. The Morgan fingerprint density at radius 2 is 1.83 bits per heavy atom. The molecule has 1 fully saturated rings. The summed E-state index contributed by atoms with van der Waals surface area (Å²) < 4.78 is 37.9. The molecule has 1 heterocycles. The molecule has 1 amide bonds. The van der Waals surface area contributed by atoms with E-state index in [4.69, 9.17) is 9.47 Å². The first-order valence-corrected chi connectivity index (χ1v) is 11.5. The van der Waals surface area contributed by atoms with Crippen LogP contribution in [0, 0.1) is 6.92 Å². The molecule has 3 rings (SSSR count). The lowest BCUT2D eigenvalue weighted by atomic mass is 10.1. The Kier molecular flexibility index (Phi) is 7.12. The molecule has 2 aromatic carbocycles. The number of amides is 1. The van der Waals surface area contributed by atoms with Crippen LogP contribution in [0.2, 0.25) is 0 Å². The topological polar surface area (TPSA) is 84.9 Å². The minimum Gasteiger partial charge on any atom is -0.494 e. The van der Waals surface area contributed by atoms with E-state index in [1.165, 1.54) is 10.4 Å². The van der Waals surface area contributed by atoms with Crippen molar-refractivity contribution in [2.75, 3.05) is 32.9 Å². The highest BCUT2D eigenvalue weighted by Gasteiger charge is 2.27. The summed E-state index contributed by atoms with van der Waals surface area (Å²) in [5, 5.41) is 2.95. The predicted octanol–water partition coefficient (Wildman–Crippen LogP) is 2.91. The van der Waals surface area contributed by atoms with Crippen LogP contribution in [0.5, 0.6) is 5.75 Å². The normalized spacial score (nSPS) is 16.1. The number of rotatable bonds is 7. The Bertz CT molecular complexity index is 983. The lowest BCUT2D eigenvalue weighted by Crippen LogP contribution is -2.40. The van der Waals surface area contributed by atoms with Crippen LogP contribution < -0.4 is 10.1 Å². The Hall–Kier alpha value is -2.42. The molecule has 0 aliphatic carbocycles. The van der Waals surface area contributed by atoms with Crippen molar-refractivity contribution >= 4 is 15.9 Å². The van der Waals surface area contributed by atoms with E-state index in [-0.39, 0.29) is 16.8 Å². The summed E-state index contributed by atoms with van der Waals surface area (Å²) >= 11 is 0. The number of hydrogen-bond donors (Lipinski definition) is 1. The maximum absolute atomic E-state index is 12.9. The van der Waals surface area contributed by atoms with E-state index < -0.39 is 10.0 Å². The van der Waals surface area contributed by atoms with Gasteiger partial charge in [-0.1, -0.05) is 18.2 Å². The van der Waals surface area contributed by atoms with Crippen LogP contribution in [-0.2, 0) is 14.8 Å². The molecular formula is C22H28N2O5S. The van der Waals surface area contributed by atoms with Crippen LogP contribution in [0.25, 0.3) is 0 Å². The molecule has 1 atom stereocenters. The minimum atomic E-state index is -3.67. The average molecular weight is 433 g/mol. The van der Waals surface area contributed by atoms with Crippen molar-refractivity contribution in [3.63, 3.8) is 0 Å². The molecule has 1 aliphatic rings. The molecule has 0 radical (unpaired) electrons. The summed E-state index contributed by atoms with van der Waals surface area (Å²) in [5.41, 5.74) is 2.00. The average Bonchev–Trinajstić information content (AvgIpc) is 2.75. The van der Waals surface area contributed by atoms with Gasteiger partial charge in [0.25, 0.3) is 5.91 Å². The third-order valence-corrected chi connectivity index (χ3v) is 6.99. The number of nitrogens with one attached hydrogen (secondary N) is 1. The summed E-state index contributed by atoms with van der Waals surface area (Å²) in [6, 6.07) is 12.0. The van der Waals surface area contributed by atoms with Crippen LogP contribution in [-0.4, -0.2) is 51.5 Å². The molecule has 0 aromatic heterocycles. The third kappa shape index (κ3) is 5.00. The highest BCUT2D eigenvalue weighted by atomic mass is 32.2. The van der Waals surface area contributed by atoms with Gasteiger partial charge in [0.1, 0.15) is 5.75 Å². The van der Waals surface area contributed by atoms with E-state index in [1.807, 2.05) is 38.1 Å². The molecule has 162 valence electrons. The molecule has 7 nitrogen and oxygen atoms in total. The largest absolute Gasteiger partial charge is 0.494 e. The number of ether oxygens (including phenoxy) is 2. The highest BCUT2D eigenvalue weighted by Crippen LogP contribution is 2.22. The predicted molar refractivity (Wildman–Crippen MR) is 114 cm³/mol. The first-order chi connectivity index (χ1) is 14.3. The number of nitrogens with zero attached hydrogens (tertiary/aromatic N) is 1.